The summed E-state index contributed by atoms with van der Waals surface area (Å²) in [6, 6.07) is 0. The zero-order valence-electron chi connectivity index (χ0n) is 16.2. The highest BCUT2D eigenvalue weighted by Gasteiger charge is 2.63. The van der Waals surface area contributed by atoms with E-state index in [1.807, 2.05) is 0 Å². The predicted octanol–water partition coefficient (Wildman–Crippen LogP) is 3.62. The molecule has 0 aromatic rings. The predicted molar refractivity (Wildman–Crippen MR) is 99.4 cm³/mol. The molecule has 26 heavy (non-hydrogen) atoms. The molecule has 4 saturated carbocycles. The summed E-state index contributed by atoms with van der Waals surface area (Å²) in [6.07, 6.45) is 8.40. The van der Waals surface area contributed by atoms with Crippen molar-refractivity contribution in [3.05, 3.63) is 11.8 Å². The van der Waals surface area contributed by atoms with E-state index in [1.165, 1.54) is 0 Å². The third kappa shape index (κ3) is 2.44. The molecule has 0 heterocycles. The van der Waals surface area contributed by atoms with Gasteiger partial charge in [-0.15, -0.1) is 0 Å². The summed E-state index contributed by atoms with van der Waals surface area (Å²) in [5, 5.41) is 29.4. The van der Waals surface area contributed by atoms with E-state index in [0.717, 1.165) is 51.2 Å². The molecule has 0 bridgehead atoms. The summed E-state index contributed by atoms with van der Waals surface area (Å²) in [5.74, 6) is 2.07. The topological polar surface area (TPSA) is 77.8 Å². The molecule has 146 valence electrons. The monoisotopic (exact) mass is 362 g/mol. The van der Waals surface area contributed by atoms with Crippen LogP contribution in [0.25, 0.3) is 0 Å². The minimum atomic E-state index is -0.189. The Bertz CT molecular complexity index is 613. The summed E-state index contributed by atoms with van der Waals surface area (Å²) in [5.41, 5.74) is 0.611. The van der Waals surface area contributed by atoms with Crippen LogP contribution in [0.4, 0.5) is 0 Å². The van der Waals surface area contributed by atoms with Crippen LogP contribution < -0.4 is 0 Å². The van der Waals surface area contributed by atoms with E-state index < -0.39 is 0 Å². The average molecular weight is 363 g/mol. The molecule has 0 radical (unpaired) electrons. The maximum Gasteiger partial charge on any atom is 0.137 e. The van der Waals surface area contributed by atoms with Gasteiger partial charge in [0.25, 0.3) is 0 Å². The Morgan fingerprint density at radius 2 is 1.92 bits per heavy atom. The normalized spacial score (nSPS) is 51.5. The number of aliphatic hydroxyl groups is 3. The van der Waals surface area contributed by atoms with Crippen LogP contribution in [-0.4, -0.2) is 33.8 Å². The third-order valence-corrected chi connectivity index (χ3v) is 9.12. The van der Waals surface area contributed by atoms with Crippen LogP contribution in [0.2, 0.25) is 0 Å². The minimum absolute atomic E-state index is 0.0469. The highest BCUT2D eigenvalue weighted by Crippen LogP contribution is 2.67. The van der Waals surface area contributed by atoms with E-state index in [0.29, 0.717) is 35.5 Å². The molecule has 4 fully saturated rings. The Labute approximate surface area is 156 Å². The number of rotatable bonds is 2. The molecule has 4 aliphatic carbocycles. The van der Waals surface area contributed by atoms with Crippen LogP contribution in [0.1, 0.15) is 65.2 Å². The lowest BCUT2D eigenvalue weighted by Gasteiger charge is -2.60. The van der Waals surface area contributed by atoms with Crippen LogP contribution in [0.15, 0.2) is 11.8 Å². The SMILES string of the molecule is C[C@]12CC[C@@H](O)C[C@H]1CC[C@H]1[C@@H]3CC[C@H](C(=CO)CO)[C@@]3(C)CC(=O)[C@@H]12. The van der Waals surface area contributed by atoms with Gasteiger partial charge >= 0.3 is 0 Å². The van der Waals surface area contributed by atoms with Gasteiger partial charge in [0.15, 0.2) is 0 Å². The fourth-order valence-corrected chi connectivity index (χ4v) is 7.90. The summed E-state index contributed by atoms with van der Waals surface area (Å²) in [6.45, 7) is 4.42. The molecule has 8 atom stereocenters. The molecule has 4 nitrogen and oxygen atoms in total. The number of carbonyl (C=O) groups excluding carboxylic acids is 1. The Hall–Kier alpha value is -0.870. The van der Waals surface area contributed by atoms with Gasteiger partial charge in [0.1, 0.15) is 5.78 Å². The minimum Gasteiger partial charge on any atom is -0.516 e. The molecule has 0 aliphatic heterocycles. The second kappa shape index (κ2) is 6.34. The number of Topliss-reactive ketones (excluding diaryl/α,β-unsaturated/α-hetero) is 1. The van der Waals surface area contributed by atoms with Gasteiger partial charge in [-0.05, 0) is 85.0 Å². The van der Waals surface area contributed by atoms with Gasteiger partial charge < -0.3 is 15.3 Å². The second-order valence-corrected chi connectivity index (χ2v) is 10.1. The molecule has 3 N–H and O–H groups in total. The zero-order chi connectivity index (χ0) is 18.7. The van der Waals surface area contributed by atoms with E-state index >= 15 is 0 Å². The van der Waals surface area contributed by atoms with Crippen LogP contribution in [0.3, 0.4) is 0 Å². The van der Waals surface area contributed by atoms with Crippen LogP contribution in [-0.2, 0) is 4.79 Å². The van der Waals surface area contributed by atoms with Gasteiger partial charge in [-0.25, -0.2) is 0 Å². The summed E-state index contributed by atoms with van der Waals surface area (Å²) < 4.78 is 0. The van der Waals surface area contributed by atoms with Crippen molar-refractivity contribution in [1.29, 1.82) is 0 Å². The van der Waals surface area contributed by atoms with Crippen molar-refractivity contribution in [2.75, 3.05) is 6.61 Å². The van der Waals surface area contributed by atoms with Crippen molar-refractivity contribution in [1.82, 2.24) is 0 Å². The van der Waals surface area contributed by atoms with Crippen molar-refractivity contribution < 1.29 is 20.1 Å². The molecule has 0 aromatic carbocycles. The Balaban J connectivity index is 1.67. The molecule has 0 unspecified atom stereocenters. The zero-order valence-corrected chi connectivity index (χ0v) is 16.2. The number of ketones is 1. The molecule has 4 heteroatoms. The quantitative estimate of drug-likeness (QED) is 0.656. The fourth-order valence-electron chi connectivity index (χ4n) is 7.90. The fraction of sp³-hybridized carbons (Fsp3) is 0.864. The van der Waals surface area contributed by atoms with Crippen molar-refractivity contribution >= 4 is 5.78 Å². The van der Waals surface area contributed by atoms with Crippen molar-refractivity contribution in [2.45, 2.75) is 71.3 Å². The first-order chi connectivity index (χ1) is 12.3. The van der Waals surface area contributed by atoms with E-state index in [-0.39, 0.29) is 35.4 Å². The van der Waals surface area contributed by atoms with E-state index in [2.05, 4.69) is 13.8 Å². The lowest BCUT2D eigenvalue weighted by molar-refractivity contribution is -0.160. The first-order valence-electron chi connectivity index (χ1n) is 10.5. The Morgan fingerprint density at radius 1 is 1.15 bits per heavy atom. The van der Waals surface area contributed by atoms with Crippen LogP contribution in [0.5, 0.6) is 0 Å². The number of hydrogen-bond acceptors (Lipinski definition) is 4. The molecule has 0 saturated heterocycles. The largest absolute Gasteiger partial charge is 0.516 e. The third-order valence-electron chi connectivity index (χ3n) is 9.12. The molecule has 0 amide bonds. The van der Waals surface area contributed by atoms with Gasteiger partial charge in [-0.2, -0.15) is 0 Å². The molecular weight excluding hydrogens is 328 g/mol. The molecular formula is C22H34O4. The molecule has 0 aromatic heterocycles. The summed E-state index contributed by atoms with van der Waals surface area (Å²) in [4.78, 5) is 13.5. The Morgan fingerprint density at radius 3 is 2.62 bits per heavy atom. The van der Waals surface area contributed by atoms with E-state index in [9.17, 15) is 20.1 Å². The second-order valence-electron chi connectivity index (χ2n) is 10.1. The van der Waals surface area contributed by atoms with Crippen LogP contribution in [0, 0.1) is 40.4 Å². The highest BCUT2D eigenvalue weighted by molar-refractivity contribution is 5.84. The van der Waals surface area contributed by atoms with E-state index in [1.54, 1.807) is 0 Å². The number of carbonyl (C=O) groups is 1. The first-order valence-corrected chi connectivity index (χ1v) is 10.5. The van der Waals surface area contributed by atoms with Gasteiger partial charge in [0, 0.05) is 12.3 Å². The molecule has 4 rings (SSSR count). The highest BCUT2D eigenvalue weighted by atomic mass is 16.3. The van der Waals surface area contributed by atoms with Gasteiger partial charge in [0.2, 0.25) is 0 Å². The number of hydrogen-bond donors (Lipinski definition) is 3. The maximum absolute atomic E-state index is 13.5. The van der Waals surface area contributed by atoms with Gasteiger partial charge in [-0.1, -0.05) is 13.8 Å². The number of aliphatic hydroxyl groups excluding tert-OH is 3. The van der Waals surface area contributed by atoms with E-state index in [4.69, 9.17) is 0 Å². The van der Waals surface area contributed by atoms with Crippen molar-refractivity contribution in [2.24, 2.45) is 40.4 Å². The molecule has 4 aliphatic rings. The smallest absolute Gasteiger partial charge is 0.137 e. The van der Waals surface area contributed by atoms with Crippen molar-refractivity contribution in [3.63, 3.8) is 0 Å². The maximum atomic E-state index is 13.5. The van der Waals surface area contributed by atoms with Gasteiger partial charge in [-0.3, -0.25) is 4.79 Å². The lowest BCUT2D eigenvalue weighted by atomic mass is 9.44. The average Bonchev–Trinajstić information content (AvgIpc) is 2.93. The number of fused-ring (bicyclic) bond motifs is 5. The first kappa shape index (κ1) is 18.5. The lowest BCUT2D eigenvalue weighted by Crippen LogP contribution is -2.57. The summed E-state index contributed by atoms with van der Waals surface area (Å²) in [7, 11) is 0. The summed E-state index contributed by atoms with van der Waals surface area (Å²) >= 11 is 0. The molecule has 0 spiro atoms. The Kier molecular flexibility index (Phi) is 4.51. The standard InChI is InChI=1S/C22H34O4/c1-21-8-7-15(25)9-14(21)3-4-16-18-6-5-17(13(11-23)12-24)22(18,2)10-19(26)20(16)21/h11,14-18,20,23-25H,3-10,12H2,1-2H3/t14-,15-,16+,17-,18+,20-,21+,22-/m1/s1. The van der Waals surface area contributed by atoms with Crippen LogP contribution >= 0.6 is 0 Å². The van der Waals surface area contributed by atoms with Gasteiger partial charge in [0.05, 0.1) is 19.0 Å². The van der Waals surface area contributed by atoms with Crippen molar-refractivity contribution in [3.8, 4) is 0 Å².